The van der Waals surface area contributed by atoms with Crippen LogP contribution in [0.15, 0.2) is 40.9 Å². The summed E-state index contributed by atoms with van der Waals surface area (Å²) in [5.41, 5.74) is 1.14. The van der Waals surface area contributed by atoms with Gasteiger partial charge in [-0.3, -0.25) is 0 Å². The monoisotopic (exact) mass is 341 g/mol. The number of halogens is 3. The molecule has 106 valence electrons. The molecule has 0 saturated carbocycles. The zero-order valence-corrected chi connectivity index (χ0v) is 12.5. The molecule has 0 bridgehead atoms. The van der Waals surface area contributed by atoms with Gasteiger partial charge in [-0.2, -0.15) is 0 Å². The molecule has 0 atom stereocenters. The zero-order valence-electron chi connectivity index (χ0n) is 10.9. The van der Waals surface area contributed by atoms with E-state index in [-0.39, 0.29) is 12.2 Å². The zero-order chi connectivity index (χ0) is 14.5. The Labute approximate surface area is 124 Å². The van der Waals surface area contributed by atoms with Gasteiger partial charge in [0.25, 0.3) is 0 Å². The third-order valence-corrected chi connectivity index (χ3v) is 3.30. The van der Waals surface area contributed by atoms with Gasteiger partial charge in [-0.05, 0) is 31.3 Å². The third-order valence-electron chi connectivity index (χ3n) is 2.80. The summed E-state index contributed by atoms with van der Waals surface area (Å²) in [7, 11) is 1.83. The Kier molecular flexibility index (Phi) is 5.09. The van der Waals surface area contributed by atoms with Crippen LogP contribution in [0.5, 0.6) is 5.75 Å². The summed E-state index contributed by atoms with van der Waals surface area (Å²) in [5, 5.41) is 3.04. The van der Waals surface area contributed by atoms with Crippen molar-refractivity contribution in [2.45, 2.75) is 13.2 Å². The molecule has 2 aromatic carbocycles. The van der Waals surface area contributed by atoms with E-state index in [0.717, 1.165) is 16.1 Å². The smallest absolute Gasteiger partial charge is 0.165 e. The number of rotatable bonds is 5. The van der Waals surface area contributed by atoms with Gasteiger partial charge in [0.15, 0.2) is 11.6 Å². The van der Waals surface area contributed by atoms with Crippen LogP contribution in [0.2, 0.25) is 0 Å². The lowest BCUT2D eigenvalue weighted by atomic mass is 10.2. The summed E-state index contributed by atoms with van der Waals surface area (Å²) in [6.45, 7) is 0.613. The molecule has 0 amide bonds. The van der Waals surface area contributed by atoms with Crippen molar-refractivity contribution in [3.05, 3.63) is 63.6 Å². The van der Waals surface area contributed by atoms with Crippen LogP contribution in [0.1, 0.15) is 11.1 Å². The lowest BCUT2D eigenvalue weighted by Gasteiger charge is -2.12. The Morgan fingerprint density at radius 2 is 1.95 bits per heavy atom. The molecule has 0 unspecified atom stereocenters. The maximum absolute atomic E-state index is 13.5. The van der Waals surface area contributed by atoms with Crippen molar-refractivity contribution in [2.24, 2.45) is 0 Å². The molecule has 0 spiro atoms. The molecule has 0 aliphatic carbocycles. The maximum atomic E-state index is 13.5. The number of nitrogens with one attached hydrogen (secondary N) is 1. The third kappa shape index (κ3) is 3.55. The predicted octanol–water partition coefficient (Wildman–Crippen LogP) is 4.03. The molecule has 2 rings (SSSR count). The van der Waals surface area contributed by atoms with Crippen LogP contribution in [0.4, 0.5) is 8.78 Å². The van der Waals surface area contributed by atoms with Crippen molar-refractivity contribution in [1.82, 2.24) is 5.32 Å². The molecule has 20 heavy (non-hydrogen) atoms. The Hall–Kier alpha value is -1.46. The normalized spacial score (nSPS) is 10.6. The fourth-order valence-corrected chi connectivity index (χ4v) is 2.24. The Bertz CT molecular complexity index is 604. The lowest BCUT2D eigenvalue weighted by molar-refractivity contribution is 0.293. The SMILES string of the molecule is CNCc1cc(Br)ccc1OCc1cccc(F)c1F. The van der Waals surface area contributed by atoms with Gasteiger partial charge in [-0.25, -0.2) is 8.78 Å². The molecule has 2 nitrogen and oxygen atoms in total. The highest BCUT2D eigenvalue weighted by Gasteiger charge is 2.10. The average Bonchev–Trinajstić information content (AvgIpc) is 2.42. The number of benzene rings is 2. The largest absolute Gasteiger partial charge is 0.488 e. The van der Waals surface area contributed by atoms with Crippen LogP contribution in [0.3, 0.4) is 0 Å². The van der Waals surface area contributed by atoms with Crippen LogP contribution in [-0.4, -0.2) is 7.05 Å². The molecule has 0 aliphatic rings. The van der Waals surface area contributed by atoms with E-state index in [1.54, 1.807) is 6.07 Å². The molecule has 0 radical (unpaired) electrons. The minimum absolute atomic E-state index is 0.0120. The molecule has 0 aromatic heterocycles. The average molecular weight is 342 g/mol. The summed E-state index contributed by atoms with van der Waals surface area (Å²) >= 11 is 3.39. The van der Waals surface area contributed by atoms with Gasteiger partial charge in [0.1, 0.15) is 12.4 Å². The van der Waals surface area contributed by atoms with E-state index in [9.17, 15) is 8.78 Å². The van der Waals surface area contributed by atoms with Gasteiger partial charge in [0.05, 0.1) is 0 Å². The van der Waals surface area contributed by atoms with Gasteiger partial charge in [-0.15, -0.1) is 0 Å². The van der Waals surface area contributed by atoms with Gasteiger partial charge in [0, 0.05) is 22.1 Å². The topological polar surface area (TPSA) is 21.3 Å². The van der Waals surface area contributed by atoms with E-state index < -0.39 is 11.6 Å². The summed E-state index contributed by atoms with van der Waals surface area (Å²) in [4.78, 5) is 0. The van der Waals surface area contributed by atoms with Crippen LogP contribution in [-0.2, 0) is 13.2 Å². The Balaban J connectivity index is 2.16. The molecule has 0 aliphatic heterocycles. The summed E-state index contributed by atoms with van der Waals surface area (Å²) < 4.78 is 33.2. The van der Waals surface area contributed by atoms with Gasteiger partial charge in [-0.1, -0.05) is 28.1 Å². The second-order valence-corrected chi connectivity index (χ2v) is 5.20. The number of hydrogen-bond donors (Lipinski definition) is 1. The molecule has 0 saturated heterocycles. The Morgan fingerprint density at radius 3 is 2.70 bits per heavy atom. The van der Waals surface area contributed by atoms with E-state index in [1.165, 1.54) is 12.1 Å². The van der Waals surface area contributed by atoms with Crippen molar-refractivity contribution >= 4 is 15.9 Å². The van der Waals surface area contributed by atoms with E-state index in [0.29, 0.717) is 12.3 Å². The second-order valence-electron chi connectivity index (χ2n) is 4.28. The highest BCUT2D eigenvalue weighted by atomic mass is 79.9. The minimum Gasteiger partial charge on any atom is -0.488 e. The van der Waals surface area contributed by atoms with Crippen molar-refractivity contribution in [1.29, 1.82) is 0 Å². The molecule has 1 N–H and O–H groups in total. The molecule has 5 heteroatoms. The lowest BCUT2D eigenvalue weighted by Crippen LogP contribution is -2.08. The highest BCUT2D eigenvalue weighted by Crippen LogP contribution is 2.24. The molecule has 0 fully saturated rings. The number of ether oxygens (including phenoxy) is 1. The van der Waals surface area contributed by atoms with Crippen molar-refractivity contribution in [2.75, 3.05) is 7.05 Å². The van der Waals surface area contributed by atoms with Gasteiger partial charge >= 0.3 is 0 Å². The second kappa shape index (κ2) is 6.81. The quantitative estimate of drug-likeness (QED) is 0.886. The standard InChI is InChI=1S/C15H14BrF2NO/c1-19-8-11-7-12(16)5-6-14(11)20-9-10-3-2-4-13(17)15(10)18/h2-7,19H,8-9H2,1H3. The minimum atomic E-state index is -0.864. The first kappa shape index (κ1) is 14.9. The maximum Gasteiger partial charge on any atom is 0.165 e. The van der Waals surface area contributed by atoms with Crippen LogP contribution < -0.4 is 10.1 Å². The van der Waals surface area contributed by atoms with Gasteiger partial charge < -0.3 is 10.1 Å². The molecular formula is C15H14BrF2NO. The van der Waals surface area contributed by atoms with E-state index in [1.807, 2.05) is 19.2 Å². The van der Waals surface area contributed by atoms with Crippen LogP contribution >= 0.6 is 15.9 Å². The van der Waals surface area contributed by atoms with Crippen molar-refractivity contribution in [3.63, 3.8) is 0 Å². The molecular weight excluding hydrogens is 328 g/mol. The van der Waals surface area contributed by atoms with E-state index in [4.69, 9.17) is 4.74 Å². The Morgan fingerprint density at radius 1 is 1.15 bits per heavy atom. The summed E-state index contributed by atoms with van der Waals surface area (Å²) in [6.07, 6.45) is 0. The summed E-state index contributed by atoms with van der Waals surface area (Å²) in [6, 6.07) is 9.63. The first-order chi connectivity index (χ1) is 9.61. The van der Waals surface area contributed by atoms with Crippen LogP contribution in [0, 0.1) is 11.6 Å². The van der Waals surface area contributed by atoms with E-state index in [2.05, 4.69) is 21.2 Å². The van der Waals surface area contributed by atoms with Crippen molar-refractivity contribution < 1.29 is 13.5 Å². The van der Waals surface area contributed by atoms with Crippen molar-refractivity contribution in [3.8, 4) is 5.75 Å². The first-order valence-electron chi connectivity index (χ1n) is 6.10. The molecule has 0 heterocycles. The summed E-state index contributed by atoms with van der Waals surface area (Å²) in [5.74, 6) is -1.08. The van der Waals surface area contributed by atoms with E-state index >= 15 is 0 Å². The fraction of sp³-hybridized carbons (Fsp3) is 0.200. The van der Waals surface area contributed by atoms with Gasteiger partial charge in [0.2, 0.25) is 0 Å². The highest BCUT2D eigenvalue weighted by molar-refractivity contribution is 9.10. The number of hydrogen-bond acceptors (Lipinski definition) is 2. The fourth-order valence-electron chi connectivity index (χ4n) is 1.83. The predicted molar refractivity (Wildman–Crippen MR) is 77.6 cm³/mol. The molecule has 2 aromatic rings. The van der Waals surface area contributed by atoms with Crippen LogP contribution in [0.25, 0.3) is 0 Å². The first-order valence-corrected chi connectivity index (χ1v) is 6.90.